The van der Waals surface area contributed by atoms with Crippen LogP contribution in [-0.4, -0.2) is 20.4 Å². The molecule has 23 heavy (non-hydrogen) atoms. The Bertz CT molecular complexity index is 832. The lowest BCUT2D eigenvalue weighted by Gasteiger charge is -2.08. The molecule has 3 rings (SSSR count). The molecule has 1 aromatic carbocycles. The van der Waals surface area contributed by atoms with Gasteiger partial charge in [-0.1, -0.05) is 6.07 Å². The van der Waals surface area contributed by atoms with E-state index in [1.807, 2.05) is 55.7 Å². The number of aryl methyl sites for hydroxylation is 2. The summed E-state index contributed by atoms with van der Waals surface area (Å²) in [4.78, 5) is 20.6. The van der Waals surface area contributed by atoms with Crippen LogP contribution in [0.3, 0.4) is 0 Å². The third-order valence-electron chi connectivity index (χ3n) is 3.80. The minimum atomic E-state index is -0.215. The van der Waals surface area contributed by atoms with Crippen molar-refractivity contribution in [2.75, 3.05) is 5.32 Å². The molecule has 5 heteroatoms. The first kappa shape index (κ1) is 15.0. The zero-order valence-electron chi connectivity index (χ0n) is 13.4. The summed E-state index contributed by atoms with van der Waals surface area (Å²) in [6.07, 6.45) is 3.48. The number of nitrogens with zero attached hydrogens (tertiary/aromatic N) is 3. The van der Waals surface area contributed by atoms with Gasteiger partial charge in [0.15, 0.2) is 0 Å². The van der Waals surface area contributed by atoms with E-state index in [2.05, 4.69) is 15.3 Å². The van der Waals surface area contributed by atoms with Gasteiger partial charge in [0, 0.05) is 23.3 Å². The zero-order valence-corrected chi connectivity index (χ0v) is 13.4. The van der Waals surface area contributed by atoms with E-state index in [0.29, 0.717) is 5.69 Å². The molecule has 5 nitrogen and oxygen atoms in total. The summed E-state index contributed by atoms with van der Waals surface area (Å²) in [6.45, 7) is 5.95. The molecule has 0 aliphatic carbocycles. The maximum Gasteiger partial charge on any atom is 0.274 e. The molecule has 2 aromatic heterocycles. The van der Waals surface area contributed by atoms with Crippen molar-refractivity contribution in [3.63, 3.8) is 0 Å². The number of hydrogen-bond donors (Lipinski definition) is 1. The minimum Gasteiger partial charge on any atom is -0.321 e. The lowest BCUT2D eigenvalue weighted by Crippen LogP contribution is -2.13. The summed E-state index contributed by atoms with van der Waals surface area (Å²) in [5.74, 6) is -0.215. The SMILES string of the molecule is Cc1ccc(C(=O)Nc2ccc(-n3cnc(C)c3C)cc2)nc1. The Morgan fingerprint density at radius 1 is 1.00 bits per heavy atom. The molecule has 0 aliphatic rings. The van der Waals surface area contributed by atoms with Crippen LogP contribution < -0.4 is 5.32 Å². The summed E-state index contributed by atoms with van der Waals surface area (Å²) < 4.78 is 2.02. The number of pyridine rings is 1. The number of rotatable bonds is 3. The van der Waals surface area contributed by atoms with E-state index in [4.69, 9.17) is 0 Å². The topological polar surface area (TPSA) is 59.8 Å². The molecule has 0 saturated heterocycles. The second-order valence-corrected chi connectivity index (χ2v) is 5.51. The standard InChI is InChI=1S/C18H18N4O/c1-12-4-9-17(19-10-12)18(23)21-15-5-7-16(8-6-15)22-11-20-13(2)14(22)3/h4-11H,1-3H3,(H,21,23). The van der Waals surface area contributed by atoms with Crippen LogP contribution in [0.1, 0.15) is 27.4 Å². The molecule has 0 aliphatic heterocycles. The van der Waals surface area contributed by atoms with E-state index in [-0.39, 0.29) is 5.91 Å². The highest BCUT2D eigenvalue weighted by Gasteiger charge is 2.08. The first-order valence-electron chi connectivity index (χ1n) is 7.39. The van der Waals surface area contributed by atoms with Gasteiger partial charge in [-0.3, -0.25) is 9.78 Å². The fourth-order valence-corrected chi connectivity index (χ4v) is 2.26. The van der Waals surface area contributed by atoms with Crippen LogP contribution in [0.15, 0.2) is 48.9 Å². The van der Waals surface area contributed by atoms with Gasteiger partial charge < -0.3 is 9.88 Å². The maximum atomic E-state index is 12.1. The monoisotopic (exact) mass is 306 g/mol. The largest absolute Gasteiger partial charge is 0.321 e. The van der Waals surface area contributed by atoms with Crippen molar-refractivity contribution in [1.82, 2.24) is 14.5 Å². The second-order valence-electron chi connectivity index (χ2n) is 5.51. The third kappa shape index (κ3) is 3.13. The first-order valence-corrected chi connectivity index (χ1v) is 7.39. The Hall–Kier alpha value is -2.95. The van der Waals surface area contributed by atoms with E-state index >= 15 is 0 Å². The Labute approximate surface area is 135 Å². The van der Waals surface area contributed by atoms with Crippen LogP contribution in [-0.2, 0) is 0 Å². The van der Waals surface area contributed by atoms with Gasteiger partial charge in [0.1, 0.15) is 5.69 Å². The smallest absolute Gasteiger partial charge is 0.274 e. The van der Waals surface area contributed by atoms with Crippen molar-refractivity contribution >= 4 is 11.6 Å². The Kier molecular flexibility index (Phi) is 3.93. The van der Waals surface area contributed by atoms with Crippen LogP contribution in [0.2, 0.25) is 0 Å². The minimum absolute atomic E-state index is 0.215. The zero-order chi connectivity index (χ0) is 16.4. The quantitative estimate of drug-likeness (QED) is 0.806. The van der Waals surface area contributed by atoms with Gasteiger partial charge in [-0.05, 0) is 56.7 Å². The average Bonchev–Trinajstić information content (AvgIpc) is 2.88. The van der Waals surface area contributed by atoms with Crippen LogP contribution >= 0.6 is 0 Å². The maximum absolute atomic E-state index is 12.1. The first-order chi connectivity index (χ1) is 11.0. The van der Waals surface area contributed by atoms with Crippen LogP contribution in [0, 0.1) is 20.8 Å². The number of imidazole rings is 1. The fourth-order valence-electron chi connectivity index (χ4n) is 2.26. The van der Waals surface area contributed by atoms with Crippen molar-refractivity contribution in [3.8, 4) is 5.69 Å². The summed E-state index contributed by atoms with van der Waals surface area (Å²) in [5.41, 5.74) is 5.28. The van der Waals surface area contributed by atoms with E-state index < -0.39 is 0 Å². The highest BCUT2D eigenvalue weighted by molar-refractivity contribution is 6.02. The second kappa shape index (κ2) is 6.04. The normalized spacial score (nSPS) is 10.6. The van der Waals surface area contributed by atoms with Crippen molar-refractivity contribution in [3.05, 3.63) is 71.6 Å². The van der Waals surface area contributed by atoms with Gasteiger partial charge in [-0.2, -0.15) is 0 Å². The molecule has 2 heterocycles. The van der Waals surface area contributed by atoms with E-state index in [1.54, 1.807) is 18.6 Å². The Balaban J connectivity index is 1.76. The molecule has 0 spiro atoms. The van der Waals surface area contributed by atoms with Gasteiger partial charge in [0.05, 0.1) is 12.0 Å². The molecule has 0 radical (unpaired) electrons. The number of hydrogen-bond acceptors (Lipinski definition) is 3. The molecule has 116 valence electrons. The molecular formula is C18H18N4O. The highest BCUT2D eigenvalue weighted by atomic mass is 16.1. The highest BCUT2D eigenvalue weighted by Crippen LogP contribution is 2.17. The lowest BCUT2D eigenvalue weighted by atomic mass is 10.2. The van der Waals surface area contributed by atoms with Crippen molar-refractivity contribution in [2.24, 2.45) is 0 Å². The van der Waals surface area contributed by atoms with E-state index in [9.17, 15) is 4.79 Å². The molecule has 0 bridgehead atoms. The van der Waals surface area contributed by atoms with E-state index in [0.717, 1.165) is 28.3 Å². The summed E-state index contributed by atoms with van der Waals surface area (Å²) >= 11 is 0. The van der Waals surface area contributed by atoms with Crippen molar-refractivity contribution in [1.29, 1.82) is 0 Å². The molecular weight excluding hydrogens is 288 g/mol. The van der Waals surface area contributed by atoms with Crippen molar-refractivity contribution < 1.29 is 4.79 Å². The van der Waals surface area contributed by atoms with Crippen LogP contribution in [0.4, 0.5) is 5.69 Å². The predicted molar refractivity (Wildman–Crippen MR) is 90.0 cm³/mol. The van der Waals surface area contributed by atoms with Crippen LogP contribution in [0.5, 0.6) is 0 Å². The van der Waals surface area contributed by atoms with Gasteiger partial charge >= 0.3 is 0 Å². The number of aromatic nitrogens is 3. The molecule has 0 fully saturated rings. The van der Waals surface area contributed by atoms with Gasteiger partial charge in [-0.25, -0.2) is 4.98 Å². The summed E-state index contributed by atoms with van der Waals surface area (Å²) in [7, 11) is 0. The summed E-state index contributed by atoms with van der Waals surface area (Å²) in [6, 6.07) is 11.2. The predicted octanol–water partition coefficient (Wildman–Crippen LogP) is 3.44. The number of carbonyl (C=O) groups is 1. The Morgan fingerprint density at radius 3 is 2.30 bits per heavy atom. The van der Waals surface area contributed by atoms with Gasteiger partial charge in [0.2, 0.25) is 0 Å². The molecule has 1 N–H and O–H groups in total. The third-order valence-corrected chi connectivity index (χ3v) is 3.80. The molecule has 1 amide bonds. The van der Waals surface area contributed by atoms with Crippen molar-refractivity contribution in [2.45, 2.75) is 20.8 Å². The summed E-state index contributed by atoms with van der Waals surface area (Å²) in [5, 5.41) is 2.85. The number of carbonyl (C=O) groups excluding carboxylic acids is 1. The molecule has 0 saturated carbocycles. The molecule has 0 unspecified atom stereocenters. The van der Waals surface area contributed by atoms with Crippen LogP contribution in [0.25, 0.3) is 5.69 Å². The van der Waals surface area contributed by atoms with E-state index in [1.165, 1.54) is 0 Å². The molecule has 3 aromatic rings. The van der Waals surface area contributed by atoms with Gasteiger partial charge in [-0.15, -0.1) is 0 Å². The van der Waals surface area contributed by atoms with Gasteiger partial charge in [0.25, 0.3) is 5.91 Å². The number of benzene rings is 1. The lowest BCUT2D eigenvalue weighted by molar-refractivity contribution is 0.102. The fraction of sp³-hybridized carbons (Fsp3) is 0.167. The molecule has 0 atom stereocenters. The number of anilines is 1. The number of nitrogens with one attached hydrogen (secondary N) is 1. The average molecular weight is 306 g/mol. The number of amides is 1. The Morgan fingerprint density at radius 2 is 1.74 bits per heavy atom.